The first kappa shape index (κ1) is 18.4. The number of nitrogens with zero attached hydrogens (tertiary/aromatic N) is 4. The summed E-state index contributed by atoms with van der Waals surface area (Å²) in [7, 11) is 0. The monoisotopic (exact) mass is 348 g/mol. The molecule has 2 heterocycles. The summed E-state index contributed by atoms with van der Waals surface area (Å²) in [5.41, 5.74) is 0.621. The number of amides is 1. The van der Waals surface area contributed by atoms with Gasteiger partial charge in [0.15, 0.2) is 0 Å². The van der Waals surface area contributed by atoms with Crippen molar-refractivity contribution in [3.8, 4) is 0 Å². The maximum absolute atomic E-state index is 12.6. The van der Waals surface area contributed by atoms with E-state index in [1.54, 1.807) is 6.92 Å². The molecule has 1 aromatic rings. The minimum absolute atomic E-state index is 0.363. The Morgan fingerprint density at radius 3 is 2.44 bits per heavy atom. The van der Waals surface area contributed by atoms with Crippen molar-refractivity contribution < 1.29 is 9.90 Å². The maximum Gasteiger partial charge on any atom is 0.222 e. The van der Waals surface area contributed by atoms with Crippen molar-refractivity contribution in [1.82, 2.24) is 19.9 Å². The molecule has 1 atom stereocenters. The maximum atomic E-state index is 12.6. The largest absolute Gasteiger partial charge is 0.387 e. The second-order valence-electron chi connectivity index (χ2n) is 7.93. The predicted octanol–water partition coefficient (Wildman–Crippen LogP) is 2.93. The Morgan fingerprint density at radius 1 is 1.16 bits per heavy atom. The van der Waals surface area contributed by atoms with Crippen molar-refractivity contribution in [2.24, 2.45) is 11.8 Å². The van der Waals surface area contributed by atoms with Crippen LogP contribution in [0.2, 0.25) is 0 Å². The third-order valence-electron chi connectivity index (χ3n) is 5.83. The van der Waals surface area contributed by atoms with Gasteiger partial charge in [0.05, 0.1) is 12.3 Å². The normalized spacial score (nSPS) is 21.9. The van der Waals surface area contributed by atoms with Gasteiger partial charge in [0.2, 0.25) is 5.91 Å². The third kappa shape index (κ3) is 5.27. The topological polar surface area (TPSA) is 71.2 Å². The number of aromatic nitrogens is 3. The van der Waals surface area contributed by atoms with Crippen LogP contribution in [0.3, 0.4) is 0 Å². The summed E-state index contributed by atoms with van der Waals surface area (Å²) in [5, 5.41) is 17.6. The van der Waals surface area contributed by atoms with Crippen molar-refractivity contribution in [1.29, 1.82) is 0 Å². The van der Waals surface area contributed by atoms with E-state index in [-0.39, 0.29) is 0 Å². The average Bonchev–Trinajstić information content (AvgIpc) is 2.92. The van der Waals surface area contributed by atoms with Gasteiger partial charge >= 0.3 is 0 Å². The van der Waals surface area contributed by atoms with E-state index in [1.165, 1.54) is 38.5 Å². The number of carbonyl (C=O) groups excluding carboxylic acids is 1. The third-order valence-corrected chi connectivity index (χ3v) is 5.83. The van der Waals surface area contributed by atoms with Gasteiger partial charge in [-0.05, 0) is 44.4 Å². The Bertz CT molecular complexity index is 541. The van der Waals surface area contributed by atoms with E-state index in [4.69, 9.17) is 0 Å². The molecular weight excluding hydrogens is 316 g/mol. The molecule has 1 N–H and O–H groups in total. The first-order valence-corrected chi connectivity index (χ1v) is 9.97. The average molecular weight is 348 g/mol. The summed E-state index contributed by atoms with van der Waals surface area (Å²) < 4.78 is 1.83. The number of rotatable bonds is 5. The number of hydrogen-bond donors (Lipinski definition) is 1. The van der Waals surface area contributed by atoms with Crippen LogP contribution < -0.4 is 0 Å². The fraction of sp³-hybridized carbons (Fsp3) is 0.842. The molecule has 1 saturated carbocycles. The van der Waals surface area contributed by atoms with Crippen molar-refractivity contribution in [2.75, 3.05) is 13.1 Å². The Balaban J connectivity index is 1.42. The molecular formula is C19H32N4O2. The van der Waals surface area contributed by atoms with E-state index < -0.39 is 6.10 Å². The number of carbonyl (C=O) groups is 1. The van der Waals surface area contributed by atoms with Gasteiger partial charge in [-0.15, -0.1) is 5.10 Å². The first-order valence-electron chi connectivity index (χ1n) is 9.97. The predicted molar refractivity (Wildman–Crippen MR) is 95.8 cm³/mol. The molecule has 2 fully saturated rings. The van der Waals surface area contributed by atoms with Crippen LogP contribution >= 0.6 is 0 Å². The van der Waals surface area contributed by atoms with E-state index in [0.717, 1.165) is 38.9 Å². The van der Waals surface area contributed by atoms with Crippen molar-refractivity contribution in [2.45, 2.75) is 77.4 Å². The van der Waals surface area contributed by atoms with Gasteiger partial charge < -0.3 is 10.0 Å². The number of piperidine rings is 1. The molecule has 1 saturated heterocycles. The number of aliphatic hydroxyl groups is 1. The lowest BCUT2D eigenvalue weighted by Crippen LogP contribution is -2.40. The molecule has 140 valence electrons. The van der Waals surface area contributed by atoms with Crippen LogP contribution in [0.4, 0.5) is 0 Å². The lowest BCUT2D eigenvalue weighted by atomic mass is 9.93. The molecule has 1 aromatic heterocycles. The number of likely N-dealkylation sites (tertiary alicyclic amines) is 1. The van der Waals surface area contributed by atoms with Crippen LogP contribution in [0.25, 0.3) is 0 Å². The molecule has 1 aliphatic heterocycles. The van der Waals surface area contributed by atoms with E-state index >= 15 is 0 Å². The molecule has 2 aliphatic rings. The Labute approximate surface area is 150 Å². The molecule has 0 unspecified atom stereocenters. The molecule has 1 amide bonds. The summed E-state index contributed by atoms with van der Waals surface area (Å²) in [6.07, 6.45) is 11.8. The van der Waals surface area contributed by atoms with Gasteiger partial charge in [-0.1, -0.05) is 30.9 Å². The van der Waals surface area contributed by atoms with Crippen LogP contribution in [-0.4, -0.2) is 44.0 Å². The SMILES string of the molecule is C[C@@H](O)c1cn(CC2CCN(C(=O)CC3CCCCCC3)CC2)nn1. The zero-order valence-electron chi connectivity index (χ0n) is 15.4. The minimum Gasteiger partial charge on any atom is -0.387 e. The van der Waals surface area contributed by atoms with E-state index in [1.807, 2.05) is 10.9 Å². The molecule has 6 heteroatoms. The van der Waals surface area contributed by atoms with Gasteiger partial charge in [-0.3, -0.25) is 9.48 Å². The van der Waals surface area contributed by atoms with Gasteiger partial charge in [0, 0.05) is 26.1 Å². The van der Waals surface area contributed by atoms with Crippen molar-refractivity contribution >= 4 is 5.91 Å². The zero-order chi connectivity index (χ0) is 17.6. The highest BCUT2D eigenvalue weighted by Crippen LogP contribution is 2.27. The molecule has 25 heavy (non-hydrogen) atoms. The zero-order valence-corrected chi connectivity index (χ0v) is 15.4. The van der Waals surface area contributed by atoms with Crippen molar-refractivity contribution in [3.05, 3.63) is 11.9 Å². The number of aliphatic hydroxyl groups excluding tert-OH is 1. The number of hydrogen-bond acceptors (Lipinski definition) is 4. The Kier molecular flexibility index (Phi) is 6.45. The summed E-state index contributed by atoms with van der Waals surface area (Å²) in [4.78, 5) is 14.7. The quantitative estimate of drug-likeness (QED) is 0.831. The van der Waals surface area contributed by atoms with E-state index in [0.29, 0.717) is 23.4 Å². The van der Waals surface area contributed by atoms with Gasteiger partial charge in [0.25, 0.3) is 0 Å². The second-order valence-corrected chi connectivity index (χ2v) is 7.93. The summed E-state index contributed by atoms with van der Waals surface area (Å²) in [6.45, 7) is 4.26. The smallest absolute Gasteiger partial charge is 0.222 e. The highest BCUT2D eigenvalue weighted by molar-refractivity contribution is 5.76. The van der Waals surface area contributed by atoms with Crippen LogP contribution in [0.5, 0.6) is 0 Å². The first-order chi connectivity index (χ1) is 12.1. The second kappa shape index (κ2) is 8.79. The van der Waals surface area contributed by atoms with Gasteiger partial charge in [-0.25, -0.2) is 0 Å². The fourth-order valence-corrected chi connectivity index (χ4v) is 4.17. The van der Waals surface area contributed by atoms with Crippen molar-refractivity contribution in [3.63, 3.8) is 0 Å². The van der Waals surface area contributed by atoms with E-state index in [9.17, 15) is 9.90 Å². The van der Waals surface area contributed by atoms with Gasteiger partial charge in [-0.2, -0.15) is 0 Å². The Hall–Kier alpha value is -1.43. The molecule has 0 aromatic carbocycles. The van der Waals surface area contributed by atoms with Gasteiger partial charge in [0.1, 0.15) is 5.69 Å². The summed E-state index contributed by atoms with van der Waals surface area (Å²) in [6, 6.07) is 0. The molecule has 6 nitrogen and oxygen atoms in total. The lowest BCUT2D eigenvalue weighted by Gasteiger charge is -2.32. The van der Waals surface area contributed by atoms with Crippen LogP contribution in [0.15, 0.2) is 6.20 Å². The molecule has 0 spiro atoms. The molecule has 0 bridgehead atoms. The fourth-order valence-electron chi connectivity index (χ4n) is 4.17. The highest BCUT2D eigenvalue weighted by Gasteiger charge is 2.25. The molecule has 0 radical (unpaired) electrons. The summed E-state index contributed by atoms with van der Waals surface area (Å²) >= 11 is 0. The highest BCUT2D eigenvalue weighted by atomic mass is 16.3. The molecule has 3 rings (SSSR count). The van der Waals surface area contributed by atoms with Crippen LogP contribution in [0, 0.1) is 11.8 Å². The molecule has 1 aliphatic carbocycles. The standard InChI is InChI=1S/C19H32N4O2/c1-15(24)18-14-23(21-20-18)13-17-8-10-22(11-9-17)19(25)12-16-6-4-2-3-5-7-16/h14-17,24H,2-13H2,1H3/t15-/m1/s1. The van der Waals surface area contributed by atoms with Crippen LogP contribution in [-0.2, 0) is 11.3 Å². The summed E-state index contributed by atoms with van der Waals surface area (Å²) in [5.74, 6) is 1.51. The minimum atomic E-state index is -0.572. The van der Waals surface area contributed by atoms with Crippen LogP contribution in [0.1, 0.15) is 76.5 Å². The van der Waals surface area contributed by atoms with E-state index in [2.05, 4.69) is 15.2 Å². The lowest BCUT2D eigenvalue weighted by molar-refractivity contribution is -0.133. The Morgan fingerprint density at radius 2 is 1.84 bits per heavy atom.